The molecule has 2 N–H and O–H groups in total. The van der Waals surface area contributed by atoms with E-state index in [0.29, 0.717) is 54.4 Å². The van der Waals surface area contributed by atoms with Crippen LogP contribution in [0.1, 0.15) is 71.0 Å². The summed E-state index contributed by atoms with van der Waals surface area (Å²) in [7, 11) is 1.50. The van der Waals surface area contributed by atoms with Crippen LogP contribution in [0.5, 0.6) is 23.0 Å². The molecule has 0 aliphatic carbocycles. The molecule has 3 aromatic rings. The highest BCUT2D eigenvalue weighted by Crippen LogP contribution is 2.33. The van der Waals surface area contributed by atoms with Crippen LogP contribution >= 0.6 is 0 Å². The highest BCUT2D eigenvalue weighted by Gasteiger charge is 2.19. The Bertz CT molecular complexity index is 1250. The molecule has 0 bridgehead atoms. The summed E-state index contributed by atoms with van der Waals surface area (Å²) in [5, 5.41) is 19.9. The van der Waals surface area contributed by atoms with Crippen molar-refractivity contribution in [3.05, 3.63) is 82.4 Å². The largest absolute Gasteiger partial charge is 0.507 e. The SMILES string of the molecule is COc1ccc(C(=O)O)cc1OCCCCOc1ccc(C(=O)c2ccc(C(C)(C)C)cc2)c(O)c1C. The average molecular weight is 507 g/mol. The Morgan fingerprint density at radius 3 is 1.95 bits per heavy atom. The van der Waals surface area contributed by atoms with Crippen molar-refractivity contribution in [1.29, 1.82) is 0 Å². The van der Waals surface area contributed by atoms with Gasteiger partial charge in [-0.25, -0.2) is 4.79 Å². The fraction of sp³-hybridized carbons (Fsp3) is 0.333. The first-order valence-electron chi connectivity index (χ1n) is 12.2. The van der Waals surface area contributed by atoms with Crippen LogP contribution in [0.25, 0.3) is 0 Å². The molecule has 7 nitrogen and oxygen atoms in total. The third kappa shape index (κ3) is 6.82. The van der Waals surface area contributed by atoms with E-state index < -0.39 is 5.97 Å². The fourth-order valence-corrected chi connectivity index (χ4v) is 3.79. The number of ether oxygens (including phenoxy) is 3. The predicted octanol–water partition coefficient (Wildman–Crippen LogP) is 6.17. The zero-order valence-corrected chi connectivity index (χ0v) is 22.0. The van der Waals surface area contributed by atoms with Crippen molar-refractivity contribution in [2.24, 2.45) is 0 Å². The number of ketones is 1. The zero-order valence-electron chi connectivity index (χ0n) is 22.0. The summed E-state index contributed by atoms with van der Waals surface area (Å²) in [6, 6.07) is 15.2. The summed E-state index contributed by atoms with van der Waals surface area (Å²) in [6.07, 6.45) is 1.33. The topological polar surface area (TPSA) is 102 Å². The molecular formula is C30H34O7. The molecule has 3 aromatic carbocycles. The molecule has 37 heavy (non-hydrogen) atoms. The maximum atomic E-state index is 13.0. The second-order valence-electron chi connectivity index (χ2n) is 9.82. The molecule has 0 heterocycles. The van der Waals surface area contributed by atoms with E-state index in [9.17, 15) is 14.7 Å². The molecular weight excluding hydrogens is 472 g/mol. The Labute approximate surface area is 217 Å². The van der Waals surface area contributed by atoms with Crippen molar-refractivity contribution < 1.29 is 34.0 Å². The molecule has 0 aromatic heterocycles. The van der Waals surface area contributed by atoms with Gasteiger partial charge in [0.1, 0.15) is 11.5 Å². The molecule has 0 amide bonds. The number of benzene rings is 3. The Morgan fingerprint density at radius 2 is 1.38 bits per heavy atom. The van der Waals surface area contributed by atoms with Gasteiger partial charge in [-0.15, -0.1) is 0 Å². The summed E-state index contributed by atoms with van der Waals surface area (Å²) >= 11 is 0. The minimum absolute atomic E-state index is 0.0102. The van der Waals surface area contributed by atoms with Crippen LogP contribution in [0.15, 0.2) is 54.6 Å². The lowest BCUT2D eigenvalue weighted by Gasteiger charge is -2.19. The third-order valence-electron chi connectivity index (χ3n) is 6.10. The number of rotatable bonds is 11. The summed E-state index contributed by atoms with van der Waals surface area (Å²) in [5.41, 5.74) is 2.50. The number of aromatic carboxylic acids is 1. The van der Waals surface area contributed by atoms with Crippen LogP contribution in [0.4, 0.5) is 0 Å². The maximum Gasteiger partial charge on any atom is 0.335 e. The number of phenols is 1. The lowest BCUT2D eigenvalue weighted by molar-refractivity contribution is 0.0696. The number of carbonyl (C=O) groups excluding carboxylic acids is 1. The highest BCUT2D eigenvalue weighted by atomic mass is 16.5. The molecule has 0 aliphatic rings. The van der Waals surface area contributed by atoms with Crippen molar-refractivity contribution in [2.75, 3.05) is 20.3 Å². The van der Waals surface area contributed by atoms with E-state index in [1.807, 2.05) is 12.1 Å². The van der Waals surface area contributed by atoms with Gasteiger partial charge in [0.2, 0.25) is 0 Å². The normalized spacial score (nSPS) is 11.2. The number of carboxylic acids is 1. The fourth-order valence-electron chi connectivity index (χ4n) is 3.79. The van der Waals surface area contributed by atoms with Crippen molar-refractivity contribution in [3.63, 3.8) is 0 Å². The first-order chi connectivity index (χ1) is 17.5. The minimum Gasteiger partial charge on any atom is -0.507 e. The summed E-state index contributed by atoms with van der Waals surface area (Å²) < 4.78 is 16.8. The van der Waals surface area contributed by atoms with Gasteiger partial charge in [0.05, 0.1) is 31.5 Å². The van der Waals surface area contributed by atoms with E-state index in [4.69, 9.17) is 19.3 Å². The van der Waals surface area contributed by atoms with Crippen molar-refractivity contribution in [1.82, 2.24) is 0 Å². The number of hydrogen-bond acceptors (Lipinski definition) is 6. The van der Waals surface area contributed by atoms with Gasteiger partial charge in [0.25, 0.3) is 0 Å². The zero-order chi connectivity index (χ0) is 27.2. The second-order valence-corrected chi connectivity index (χ2v) is 9.82. The van der Waals surface area contributed by atoms with Crippen molar-refractivity contribution in [2.45, 2.75) is 46.0 Å². The molecule has 0 unspecified atom stereocenters. The van der Waals surface area contributed by atoms with E-state index in [2.05, 4.69) is 20.8 Å². The van der Waals surface area contributed by atoms with E-state index in [1.165, 1.54) is 19.2 Å². The van der Waals surface area contributed by atoms with Gasteiger partial charge >= 0.3 is 5.97 Å². The molecule has 0 saturated heterocycles. The van der Waals surface area contributed by atoms with Gasteiger partial charge in [-0.2, -0.15) is 0 Å². The van der Waals surface area contributed by atoms with Crippen molar-refractivity contribution in [3.8, 4) is 23.0 Å². The molecule has 0 spiro atoms. The molecule has 0 fully saturated rings. The molecule has 0 saturated carbocycles. The Kier molecular flexibility index (Phi) is 8.81. The van der Waals surface area contributed by atoms with Crippen molar-refractivity contribution >= 4 is 11.8 Å². The quantitative estimate of drug-likeness (QED) is 0.237. The first-order valence-corrected chi connectivity index (χ1v) is 12.2. The van der Waals surface area contributed by atoms with Gasteiger partial charge in [-0.1, -0.05) is 45.0 Å². The van der Waals surface area contributed by atoms with Crippen LogP contribution in [0, 0.1) is 6.92 Å². The minimum atomic E-state index is -1.04. The number of aromatic hydroxyl groups is 1. The molecule has 7 heteroatoms. The molecule has 0 radical (unpaired) electrons. The third-order valence-corrected chi connectivity index (χ3v) is 6.10. The van der Waals surface area contributed by atoms with E-state index in [0.717, 1.165) is 5.56 Å². The smallest absolute Gasteiger partial charge is 0.335 e. The Morgan fingerprint density at radius 1 is 0.811 bits per heavy atom. The van der Waals surface area contributed by atoms with Gasteiger partial charge in [0, 0.05) is 11.1 Å². The van der Waals surface area contributed by atoms with E-state index >= 15 is 0 Å². The lowest BCUT2D eigenvalue weighted by Crippen LogP contribution is -2.11. The number of carboxylic acid groups (broad SMARTS) is 1. The Balaban J connectivity index is 1.54. The number of hydrogen-bond donors (Lipinski definition) is 2. The molecule has 0 atom stereocenters. The van der Waals surface area contributed by atoms with Crippen LogP contribution in [-0.4, -0.2) is 42.3 Å². The van der Waals surface area contributed by atoms with Gasteiger partial charge in [-0.3, -0.25) is 4.79 Å². The highest BCUT2D eigenvalue weighted by molar-refractivity contribution is 6.11. The number of carbonyl (C=O) groups is 2. The van der Waals surface area contributed by atoms with E-state index in [1.54, 1.807) is 37.3 Å². The number of unbranched alkanes of at least 4 members (excludes halogenated alkanes) is 1. The Hall–Kier alpha value is -4.00. The number of methoxy groups -OCH3 is 1. The lowest BCUT2D eigenvalue weighted by atomic mass is 9.86. The summed E-state index contributed by atoms with van der Waals surface area (Å²) in [6.45, 7) is 8.80. The predicted molar refractivity (Wildman–Crippen MR) is 142 cm³/mol. The summed E-state index contributed by atoms with van der Waals surface area (Å²) in [5.74, 6) is -0.0209. The average Bonchev–Trinajstić information content (AvgIpc) is 2.87. The standard InChI is InChI=1S/C30H34O7/c1-19-24(36-16-6-7-17-37-26-18-21(29(33)34)10-14-25(26)35-5)15-13-23(27(19)31)28(32)20-8-11-22(12-9-20)30(2,3)4/h8-15,18,31H,6-7,16-17H2,1-5H3,(H,33,34). The monoisotopic (exact) mass is 506 g/mol. The second kappa shape index (κ2) is 11.8. The van der Waals surface area contributed by atoms with Crippen LogP contribution in [0.3, 0.4) is 0 Å². The number of phenolic OH excluding ortho intramolecular Hbond substituents is 1. The van der Waals surface area contributed by atoms with Gasteiger partial charge in [-0.05, 0) is 61.1 Å². The molecule has 3 rings (SSSR count). The van der Waals surface area contributed by atoms with E-state index in [-0.39, 0.29) is 28.1 Å². The van der Waals surface area contributed by atoms with Gasteiger partial charge < -0.3 is 24.4 Å². The maximum absolute atomic E-state index is 13.0. The molecule has 196 valence electrons. The van der Waals surface area contributed by atoms with Crippen LogP contribution < -0.4 is 14.2 Å². The van der Waals surface area contributed by atoms with Crippen LogP contribution in [-0.2, 0) is 5.41 Å². The van der Waals surface area contributed by atoms with Gasteiger partial charge in [0.15, 0.2) is 17.3 Å². The first kappa shape index (κ1) is 27.6. The molecule has 0 aliphatic heterocycles. The van der Waals surface area contributed by atoms with Crippen LogP contribution in [0.2, 0.25) is 0 Å². The summed E-state index contributed by atoms with van der Waals surface area (Å²) in [4.78, 5) is 24.2.